The summed E-state index contributed by atoms with van der Waals surface area (Å²) in [6, 6.07) is 12.4. The van der Waals surface area contributed by atoms with E-state index >= 15 is 0 Å². The SMILES string of the molecule is CCc1ccnc(-c2ccc(OCc3c(Cl)cccc3NC(=O)N(C)N=[NH2+])c(C)c2)n1. The fraction of sp³-hybridized carbons (Fsp3) is 0.227. The number of nitrogens with zero attached hydrogens (tertiary/aromatic N) is 4. The normalized spacial score (nSPS) is 10.5. The molecule has 0 bridgehead atoms. The monoisotopic (exact) mass is 439 g/mol. The molecule has 0 radical (unpaired) electrons. The molecule has 0 spiro atoms. The number of hydrogen-bond acceptors (Lipinski definition) is 5. The second kappa shape index (κ2) is 9.99. The number of urea groups is 1. The van der Waals surface area contributed by atoms with E-state index in [2.05, 4.69) is 27.4 Å². The number of halogens is 1. The van der Waals surface area contributed by atoms with E-state index in [1.807, 2.05) is 31.2 Å². The van der Waals surface area contributed by atoms with E-state index < -0.39 is 6.03 Å². The Bertz CT molecular complexity index is 1110. The molecule has 160 valence electrons. The Balaban J connectivity index is 1.78. The average molecular weight is 440 g/mol. The fourth-order valence-corrected chi connectivity index (χ4v) is 3.13. The van der Waals surface area contributed by atoms with Crippen molar-refractivity contribution in [2.45, 2.75) is 26.9 Å². The van der Waals surface area contributed by atoms with Gasteiger partial charge < -0.3 is 4.74 Å². The molecule has 0 aliphatic rings. The lowest BCUT2D eigenvalue weighted by atomic mass is 10.1. The lowest BCUT2D eigenvalue weighted by molar-refractivity contribution is -0.248. The predicted octanol–water partition coefficient (Wildman–Crippen LogP) is 3.84. The highest BCUT2D eigenvalue weighted by Crippen LogP contribution is 2.29. The topological polar surface area (TPSA) is 105 Å². The van der Waals surface area contributed by atoms with Gasteiger partial charge in [-0.05, 0) is 55.3 Å². The largest absolute Gasteiger partial charge is 0.488 e. The molecule has 3 N–H and O–H groups in total. The van der Waals surface area contributed by atoms with Crippen LogP contribution in [-0.4, -0.2) is 28.1 Å². The first-order valence-electron chi connectivity index (χ1n) is 9.71. The molecule has 0 unspecified atom stereocenters. The number of benzene rings is 2. The number of hydrogen-bond donors (Lipinski definition) is 2. The van der Waals surface area contributed by atoms with Gasteiger partial charge in [0.25, 0.3) is 0 Å². The summed E-state index contributed by atoms with van der Waals surface area (Å²) in [5, 5.41) is 7.53. The molecule has 0 aliphatic heterocycles. The van der Waals surface area contributed by atoms with Gasteiger partial charge in [0.15, 0.2) is 5.82 Å². The molecule has 9 heteroatoms. The highest BCUT2D eigenvalue weighted by atomic mass is 35.5. The zero-order chi connectivity index (χ0) is 22.4. The maximum absolute atomic E-state index is 12.1. The molecule has 1 heterocycles. The predicted molar refractivity (Wildman–Crippen MR) is 119 cm³/mol. The van der Waals surface area contributed by atoms with Crippen molar-refractivity contribution in [1.82, 2.24) is 15.0 Å². The number of rotatable bonds is 7. The van der Waals surface area contributed by atoms with Crippen molar-refractivity contribution in [3.63, 3.8) is 0 Å². The molecule has 31 heavy (non-hydrogen) atoms. The number of aryl methyl sites for hydroxylation is 2. The van der Waals surface area contributed by atoms with Gasteiger partial charge in [0.2, 0.25) is 0 Å². The van der Waals surface area contributed by atoms with Gasteiger partial charge in [0, 0.05) is 28.0 Å². The zero-order valence-corrected chi connectivity index (χ0v) is 18.3. The second-order valence-corrected chi connectivity index (χ2v) is 7.24. The number of anilines is 1. The van der Waals surface area contributed by atoms with E-state index in [1.54, 1.807) is 24.4 Å². The quantitative estimate of drug-likeness (QED) is 0.431. The Hall–Kier alpha value is -3.52. The average Bonchev–Trinajstić information content (AvgIpc) is 2.78. The third-order valence-electron chi connectivity index (χ3n) is 4.71. The maximum atomic E-state index is 12.1. The van der Waals surface area contributed by atoms with Crippen molar-refractivity contribution in [1.29, 1.82) is 0 Å². The smallest absolute Gasteiger partial charge is 0.433 e. The molecular weight excluding hydrogens is 416 g/mol. The van der Waals surface area contributed by atoms with Crippen LogP contribution in [-0.2, 0) is 13.0 Å². The van der Waals surface area contributed by atoms with Crippen molar-refractivity contribution in [2.24, 2.45) is 5.22 Å². The highest BCUT2D eigenvalue weighted by Gasteiger charge is 2.18. The standard InChI is InChI=1S/C22H23ClN6O2/c1-4-16-10-11-25-21(26-16)15-8-9-20(14(2)12-15)31-13-17-18(23)6-5-7-19(17)27-22(30)29(3)28-24/h5-12,24H,4,13H2,1-3H3,(H,27,30)/p+1. The van der Waals surface area contributed by atoms with Crippen LogP contribution in [0, 0.1) is 6.92 Å². The van der Waals surface area contributed by atoms with E-state index in [0.29, 0.717) is 27.8 Å². The minimum atomic E-state index is -0.485. The highest BCUT2D eigenvalue weighted by molar-refractivity contribution is 6.31. The van der Waals surface area contributed by atoms with Gasteiger partial charge in [0.05, 0.1) is 10.9 Å². The van der Waals surface area contributed by atoms with Gasteiger partial charge in [-0.1, -0.05) is 29.6 Å². The van der Waals surface area contributed by atoms with E-state index in [1.165, 1.54) is 7.05 Å². The van der Waals surface area contributed by atoms with Crippen LogP contribution < -0.4 is 15.6 Å². The van der Waals surface area contributed by atoms with Crippen molar-refractivity contribution in [2.75, 3.05) is 12.4 Å². The van der Waals surface area contributed by atoms with Crippen molar-refractivity contribution < 1.29 is 15.1 Å². The number of ether oxygens (including phenoxy) is 1. The zero-order valence-electron chi connectivity index (χ0n) is 17.6. The lowest BCUT2D eigenvalue weighted by Crippen LogP contribution is -2.37. The van der Waals surface area contributed by atoms with Crippen LogP contribution in [0.4, 0.5) is 10.5 Å². The number of amides is 2. The molecule has 2 aromatic carbocycles. The molecule has 2 amide bonds. The summed E-state index contributed by atoms with van der Waals surface area (Å²) in [6.45, 7) is 4.18. The minimum Gasteiger partial charge on any atom is -0.488 e. The fourth-order valence-electron chi connectivity index (χ4n) is 2.90. The van der Waals surface area contributed by atoms with E-state index in [-0.39, 0.29) is 6.61 Å². The molecule has 0 fully saturated rings. The molecule has 0 saturated carbocycles. The third-order valence-corrected chi connectivity index (χ3v) is 5.06. The van der Waals surface area contributed by atoms with Gasteiger partial charge >= 0.3 is 6.03 Å². The van der Waals surface area contributed by atoms with Gasteiger partial charge in [0.1, 0.15) is 19.4 Å². The van der Waals surface area contributed by atoms with Crippen molar-refractivity contribution >= 4 is 23.3 Å². The summed E-state index contributed by atoms with van der Waals surface area (Å²) in [5.41, 5.74) is 9.15. The number of carbonyl (C=O) groups is 1. The summed E-state index contributed by atoms with van der Waals surface area (Å²) < 4.78 is 6.01. The lowest BCUT2D eigenvalue weighted by Gasteiger charge is -2.15. The van der Waals surface area contributed by atoms with Crippen LogP contribution >= 0.6 is 11.6 Å². The van der Waals surface area contributed by atoms with Gasteiger partial charge in [-0.25, -0.2) is 14.8 Å². The molecule has 0 saturated heterocycles. The van der Waals surface area contributed by atoms with E-state index in [0.717, 1.165) is 28.3 Å². The Labute approximate surface area is 185 Å². The summed E-state index contributed by atoms with van der Waals surface area (Å²) in [7, 11) is 1.45. The first-order chi connectivity index (χ1) is 14.9. The van der Waals surface area contributed by atoms with Crippen LogP contribution in [0.1, 0.15) is 23.7 Å². The van der Waals surface area contributed by atoms with Crippen LogP contribution in [0.15, 0.2) is 53.9 Å². The molecular formula is C22H24ClN6O2+. The van der Waals surface area contributed by atoms with Gasteiger partial charge in [-0.3, -0.25) is 5.32 Å². The minimum absolute atomic E-state index is 0.167. The van der Waals surface area contributed by atoms with Gasteiger partial charge in [-0.2, -0.15) is 5.53 Å². The first-order valence-corrected chi connectivity index (χ1v) is 10.1. The Kier molecular flexibility index (Phi) is 7.15. The molecule has 3 rings (SSSR count). The second-order valence-electron chi connectivity index (χ2n) is 6.83. The first kappa shape index (κ1) is 22.2. The maximum Gasteiger partial charge on any atom is 0.433 e. The summed E-state index contributed by atoms with van der Waals surface area (Å²) in [4.78, 5) is 21.0. The number of nitrogens with two attached hydrogens (primary N) is 1. The summed E-state index contributed by atoms with van der Waals surface area (Å²) >= 11 is 6.36. The van der Waals surface area contributed by atoms with Crippen LogP contribution in [0.3, 0.4) is 0 Å². The summed E-state index contributed by atoms with van der Waals surface area (Å²) in [5.74, 6) is 1.38. The molecule has 1 aromatic heterocycles. The van der Waals surface area contributed by atoms with Gasteiger partial charge in [-0.15, -0.1) is 0 Å². The van der Waals surface area contributed by atoms with E-state index in [9.17, 15) is 4.79 Å². The van der Waals surface area contributed by atoms with Crippen LogP contribution in [0.25, 0.3) is 11.4 Å². The molecule has 8 nitrogen and oxygen atoms in total. The summed E-state index contributed by atoms with van der Waals surface area (Å²) in [6.07, 6.45) is 2.62. The Morgan fingerprint density at radius 1 is 1.29 bits per heavy atom. The third kappa shape index (κ3) is 5.35. The molecule has 0 aliphatic carbocycles. The number of nitrogens with one attached hydrogen (secondary N) is 1. The van der Waals surface area contributed by atoms with Crippen molar-refractivity contribution in [3.05, 3.63) is 70.5 Å². The number of carbonyl (C=O) groups excluding carboxylic acids is 1. The van der Waals surface area contributed by atoms with Crippen LogP contribution in [0.5, 0.6) is 5.75 Å². The molecule has 0 atom stereocenters. The van der Waals surface area contributed by atoms with E-state index in [4.69, 9.17) is 21.9 Å². The number of aromatic nitrogens is 2. The van der Waals surface area contributed by atoms with Crippen molar-refractivity contribution in [3.8, 4) is 17.1 Å². The Morgan fingerprint density at radius 3 is 2.81 bits per heavy atom. The van der Waals surface area contributed by atoms with Crippen LogP contribution in [0.2, 0.25) is 5.02 Å². The molecule has 3 aromatic rings. The Morgan fingerprint density at radius 2 is 2.10 bits per heavy atom.